The molecule has 0 radical (unpaired) electrons. The molecule has 0 aliphatic heterocycles. The molecule has 0 heterocycles. The Morgan fingerprint density at radius 3 is 2.50 bits per heavy atom. The van der Waals surface area contributed by atoms with E-state index in [0.29, 0.717) is 0 Å². The number of rotatable bonds is 3. The van der Waals surface area contributed by atoms with E-state index in [1.165, 1.54) is 0 Å². The molecule has 10 heavy (non-hydrogen) atoms. The van der Waals surface area contributed by atoms with Gasteiger partial charge in [-0.2, -0.15) is 5.26 Å². The summed E-state index contributed by atoms with van der Waals surface area (Å²) in [5.41, 5.74) is 5.55. The Bertz CT molecular complexity index is 132. The fraction of sp³-hybridized carbons (Fsp3) is 0.857. The molecule has 0 aliphatic rings. The number of nitriles is 1. The van der Waals surface area contributed by atoms with E-state index in [2.05, 4.69) is 6.07 Å². The number of nitrogens with zero attached hydrogens (tertiary/aromatic N) is 1. The van der Waals surface area contributed by atoms with Gasteiger partial charge in [0.25, 0.3) is 0 Å². The van der Waals surface area contributed by atoms with E-state index in [0.717, 1.165) is 5.75 Å². The second kappa shape index (κ2) is 3.85. The van der Waals surface area contributed by atoms with Crippen molar-refractivity contribution in [2.75, 3.05) is 5.75 Å². The van der Waals surface area contributed by atoms with E-state index in [1.807, 2.05) is 20.8 Å². The van der Waals surface area contributed by atoms with Gasteiger partial charge in [-0.15, -0.1) is 11.8 Å². The van der Waals surface area contributed by atoms with Gasteiger partial charge in [0.15, 0.2) is 0 Å². The largest absolute Gasteiger partial charge is 0.325 e. The second-order valence-corrected chi connectivity index (χ2v) is 4.40. The van der Waals surface area contributed by atoms with Crippen LogP contribution in [0.2, 0.25) is 0 Å². The van der Waals surface area contributed by atoms with Crippen molar-refractivity contribution in [3.63, 3.8) is 0 Å². The molecule has 0 rings (SSSR count). The van der Waals surface area contributed by atoms with Crippen LogP contribution in [0.4, 0.5) is 0 Å². The summed E-state index contributed by atoms with van der Waals surface area (Å²) in [6, 6.07) is 2.14. The van der Waals surface area contributed by atoms with Crippen LogP contribution in [0, 0.1) is 11.3 Å². The molecule has 0 amide bonds. The summed E-state index contributed by atoms with van der Waals surface area (Å²) in [6.07, 6.45) is 0. The Labute approximate surface area is 66.8 Å². The number of hydrogen-bond donors (Lipinski definition) is 1. The van der Waals surface area contributed by atoms with Crippen LogP contribution in [-0.4, -0.2) is 16.5 Å². The Morgan fingerprint density at radius 1 is 1.70 bits per heavy atom. The molecular formula is C7H14N2S. The van der Waals surface area contributed by atoms with E-state index < -0.39 is 0 Å². The first-order chi connectivity index (χ1) is 4.45. The van der Waals surface area contributed by atoms with Gasteiger partial charge in [0.2, 0.25) is 0 Å². The molecule has 0 aromatic heterocycles. The lowest BCUT2D eigenvalue weighted by atomic mass is 10.1. The standard InChI is InChI=1S/C7H14N2S/c1-6(4-8)10-5-7(2,3)9/h6H,5,9H2,1-3H3. The van der Waals surface area contributed by atoms with Crippen molar-refractivity contribution in [1.29, 1.82) is 5.26 Å². The van der Waals surface area contributed by atoms with Crippen LogP contribution in [0.1, 0.15) is 20.8 Å². The highest BCUT2D eigenvalue weighted by Crippen LogP contribution is 2.14. The van der Waals surface area contributed by atoms with Crippen molar-refractivity contribution in [3.8, 4) is 6.07 Å². The maximum absolute atomic E-state index is 8.42. The number of hydrogen-bond acceptors (Lipinski definition) is 3. The summed E-state index contributed by atoms with van der Waals surface area (Å²) < 4.78 is 0. The summed E-state index contributed by atoms with van der Waals surface area (Å²) in [4.78, 5) is 0. The first-order valence-electron chi connectivity index (χ1n) is 3.26. The normalized spacial score (nSPS) is 14.3. The van der Waals surface area contributed by atoms with Crippen LogP contribution in [0.25, 0.3) is 0 Å². The Morgan fingerprint density at radius 2 is 2.20 bits per heavy atom. The van der Waals surface area contributed by atoms with Crippen LogP contribution in [0.5, 0.6) is 0 Å². The summed E-state index contributed by atoms with van der Waals surface area (Å²) >= 11 is 1.60. The zero-order valence-electron chi connectivity index (χ0n) is 6.72. The molecular weight excluding hydrogens is 144 g/mol. The van der Waals surface area contributed by atoms with Crippen LogP contribution in [0.3, 0.4) is 0 Å². The first kappa shape index (κ1) is 9.80. The molecule has 0 saturated heterocycles. The quantitative estimate of drug-likeness (QED) is 0.675. The first-order valence-corrected chi connectivity index (χ1v) is 4.30. The molecule has 1 atom stereocenters. The van der Waals surface area contributed by atoms with Crippen molar-refractivity contribution in [2.24, 2.45) is 5.73 Å². The fourth-order valence-electron chi connectivity index (χ4n) is 0.377. The van der Waals surface area contributed by atoms with Gasteiger partial charge in [-0.25, -0.2) is 0 Å². The van der Waals surface area contributed by atoms with E-state index in [9.17, 15) is 0 Å². The van der Waals surface area contributed by atoms with Gasteiger partial charge in [0.1, 0.15) is 0 Å². The zero-order chi connectivity index (χ0) is 8.20. The predicted octanol–water partition coefficient (Wildman–Crippen LogP) is 1.37. The lowest BCUT2D eigenvalue weighted by molar-refractivity contribution is 0.591. The van der Waals surface area contributed by atoms with Crippen LogP contribution >= 0.6 is 11.8 Å². The van der Waals surface area contributed by atoms with E-state index in [1.54, 1.807) is 11.8 Å². The number of nitrogens with two attached hydrogens (primary N) is 1. The van der Waals surface area contributed by atoms with Crippen LogP contribution in [0.15, 0.2) is 0 Å². The molecule has 58 valence electrons. The molecule has 3 heteroatoms. The van der Waals surface area contributed by atoms with Gasteiger partial charge >= 0.3 is 0 Å². The van der Waals surface area contributed by atoms with Gasteiger partial charge in [-0.05, 0) is 20.8 Å². The zero-order valence-corrected chi connectivity index (χ0v) is 7.53. The molecule has 0 spiro atoms. The molecule has 0 saturated carbocycles. The van der Waals surface area contributed by atoms with Gasteiger partial charge in [0.05, 0.1) is 11.3 Å². The lowest BCUT2D eigenvalue weighted by Crippen LogP contribution is -2.35. The fourth-order valence-corrected chi connectivity index (χ4v) is 1.13. The third-order valence-corrected chi connectivity index (χ3v) is 2.40. The highest BCUT2D eigenvalue weighted by molar-refractivity contribution is 8.00. The highest BCUT2D eigenvalue weighted by Gasteiger charge is 2.12. The maximum Gasteiger partial charge on any atom is 0.0889 e. The van der Waals surface area contributed by atoms with E-state index in [4.69, 9.17) is 11.0 Å². The van der Waals surface area contributed by atoms with Gasteiger partial charge in [0, 0.05) is 11.3 Å². The molecule has 1 unspecified atom stereocenters. The minimum Gasteiger partial charge on any atom is -0.325 e. The summed E-state index contributed by atoms with van der Waals surface area (Å²) in [5.74, 6) is 0.835. The summed E-state index contributed by atoms with van der Waals surface area (Å²) in [5, 5.41) is 8.48. The smallest absolute Gasteiger partial charge is 0.0889 e. The SMILES string of the molecule is CC(C#N)SCC(C)(C)N. The van der Waals surface area contributed by atoms with Crippen molar-refractivity contribution in [1.82, 2.24) is 0 Å². The average molecular weight is 158 g/mol. The van der Waals surface area contributed by atoms with Crippen molar-refractivity contribution in [3.05, 3.63) is 0 Å². The van der Waals surface area contributed by atoms with Gasteiger partial charge in [-0.3, -0.25) is 0 Å². The van der Waals surface area contributed by atoms with E-state index >= 15 is 0 Å². The topological polar surface area (TPSA) is 49.8 Å². The molecule has 2 nitrogen and oxygen atoms in total. The number of thioether (sulfide) groups is 1. The molecule has 0 bridgehead atoms. The Hall–Kier alpha value is -0.200. The minimum absolute atomic E-state index is 0.0582. The summed E-state index contributed by atoms with van der Waals surface area (Å²) in [7, 11) is 0. The maximum atomic E-state index is 8.42. The van der Waals surface area contributed by atoms with Crippen molar-refractivity contribution < 1.29 is 0 Å². The highest BCUT2D eigenvalue weighted by atomic mass is 32.2. The monoisotopic (exact) mass is 158 g/mol. The molecule has 0 aliphatic carbocycles. The van der Waals surface area contributed by atoms with Crippen LogP contribution < -0.4 is 5.73 Å². The van der Waals surface area contributed by atoms with Gasteiger partial charge < -0.3 is 5.73 Å². The van der Waals surface area contributed by atoms with Gasteiger partial charge in [-0.1, -0.05) is 0 Å². The van der Waals surface area contributed by atoms with Crippen LogP contribution in [-0.2, 0) is 0 Å². The predicted molar refractivity (Wildman–Crippen MR) is 45.8 cm³/mol. The average Bonchev–Trinajstić information content (AvgIpc) is 1.81. The second-order valence-electron chi connectivity index (χ2n) is 3.07. The third kappa shape index (κ3) is 5.93. The lowest BCUT2D eigenvalue weighted by Gasteiger charge is -2.17. The molecule has 0 aromatic rings. The van der Waals surface area contributed by atoms with E-state index in [-0.39, 0.29) is 10.8 Å². The summed E-state index contributed by atoms with van der Waals surface area (Å²) in [6.45, 7) is 5.81. The minimum atomic E-state index is -0.157. The van der Waals surface area contributed by atoms with Crippen molar-refractivity contribution in [2.45, 2.75) is 31.6 Å². The molecule has 0 fully saturated rings. The molecule has 0 aromatic carbocycles. The van der Waals surface area contributed by atoms with Crippen molar-refractivity contribution >= 4 is 11.8 Å². The molecule has 2 N–H and O–H groups in total. The Balaban J connectivity index is 3.48. The third-order valence-electron chi connectivity index (χ3n) is 0.887. The Kier molecular flexibility index (Phi) is 3.77.